The topological polar surface area (TPSA) is 48.9 Å². The highest BCUT2D eigenvalue weighted by Crippen LogP contribution is 2.16. The van der Waals surface area contributed by atoms with Gasteiger partial charge in [-0.2, -0.15) is 0 Å². The molecule has 0 spiro atoms. The molecule has 0 aromatic heterocycles. The number of halogens is 1. The summed E-state index contributed by atoms with van der Waals surface area (Å²) < 4.78 is 5.01. The Bertz CT molecular complexity index is 276. The summed E-state index contributed by atoms with van der Waals surface area (Å²) >= 11 is 0. The molecular weight excluding hydrogens is 379 g/mol. The van der Waals surface area contributed by atoms with Crippen molar-refractivity contribution < 1.29 is 4.74 Å². The molecule has 6 heteroatoms. The molecule has 0 amide bonds. The number of unbranched alkanes of at least 4 members (excludes halogenated alkanes) is 1. The number of nitrogens with one attached hydrogen (secondary N) is 2. The van der Waals surface area contributed by atoms with E-state index >= 15 is 0 Å². The second-order valence-corrected chi connectivity index (χ2v) is 5.51. The predicted molar refractivity (Wildman–Crippen MR) is 101 cm³/mol. The molecule has 0 aromatic carbocycles. The number of methoxy groups -OCH3 is 1. The number of hydrogen-bond acceptors (Lipinski definition) is 3. The maximum atomic E-state index is 5.01. The summed E-state index contributed by atoms with van der Waals surface area (Å²) in [7, 11) is 3.51. The van der Waals surface area contributed by atoms with Crippen LogP contribution in [0.5, 0.6) is 0 Å². The van der Waals surface area contributed by atoms with Gasteiger partial charge in [-0.25, -0.2) is 0 Å². The Morgan fingerprint density at radius 1 is 1.24 bits per heavy atom. The second-order valence-electron chi connectivity index (χ2n) is 5.51. The molecule has 1 saturated heterocycles. The first-order valence-corrected chi connectivity index (χ1v) is 7.95. The van der Waals surface area contributed by atoms with Crippen molar-refractivity contribution in [3.63, 3.8) is 0 Å². The predicted octanol–water partition coefficient (Wildman–Crippen LogP) is 2.07. The van der Waals surface area contributed by atoms with Crippen LogP contribution in [0.1, 0.15) is 39.0 Å². The van der Waals surface area contributed by atoms with Crippen LogP contribution in [0, 0.1) is 0 Å². The minimum atomic E-state index is 0. The second kappa shape index (κ2) is 13.6. The van der Waals surface area contributed by atoms with Crippen LogP contribution in [0.15, 0.2) is 4.99 Å². The van der Waals surface area contributed by atoms with Gasteiger partial charge in [0.1, 0.15) is 0 Å². The Kier molecular flexibility index (Phi) is 13.5. The van der Waals surface area contributed by atoms with Crippen LogP contribution in [-0.2, 0) is 4.74 Å². The summed E-state index contributed by atoms with van der Waals surface area (Å²) in [5, 5.41) is 6.56. The fourth-order valence-electron chi connectivity index (χ4n) is 2.63. The van der Waals surface area contributed by atoms with Crippen LogP contribution >= 0.6 is 24.0 Å². The van der Waals surface area contributed by atoms with Crippen molar-refractivity contribution in [2.24, 2.45) is 4.99 Å². The Hall–Kier alpha value is -0.0800. The Balaban J connectivity index is 0.00000400. The summed E-state index contributed by atoms with van der Waals surface area (Å²) in [5.74, 6) is 0.869. The lowest BCUT2D eigenvalue weighted by Gasteiger charge is -2.33. The van der Waals surface area contributed by atoms with Crippen molar-refractivity contribution >= 4 is 29.9 Å². The van der Waals surface area contributed by atoms with Gasteiger partial charge in [0.2, 0.25) is 0 Å². The van der Waals surface area contributed by atoms with E-state index in [1.165, 1.54) is 45.2 Å². The molecule has 0 aliphatic carbocycles. The van der Waals surface area contributed by atoms with Gasteiger partial charge in [-0.05, 0) is 45.7 Å². The highest BCUT2D eigenvalue weighted by atomic mass is 127. The molecule has 1 aliphatic rings. The molecule has 126 valence electrons. The fraction of sp³-hybridized carbons (Fsp3) is 0.933. The molecule has 2 N–H and O–H groups in total. The summed E-state index contributed by atoms with van der Waals surface area (Å²) in [5.41, 5.74) is 0. The van der Waals surface area contributed by atoms with Gasteiger partial charge in [0.25, 0.3) is 0 Å². The standard InChI is InChI=1S/C15H32N4O.HI/c1-14-8-4-6-11-19(14)12-7-5-9-17-15(16-2)18-10-13-20-3;/h14H,4-13H2,1-3H3,(H2,16,17,18);1H. The van der Waals surface area contributed by atoms with Crippen LogP contribution in [-0.4, -0.2) is 63.8 Å². The van der Waals surface area contributed by atoms with Crippen molar-refractivity contribution in [1.29, 1.82) is 0 Å². The first-order valence-electron chi connectivity index (χ1n) is 7.95. The molecule has 0 bridgehead atoms. The summed E-state index contributed by atoms with van der Waals surface area (Å²) in [6.45, 7) is 7.36. The molecule has 21 heavy (non-hydrogen) atoms. The van der Waals surface area contributed by atoms with Gasteiger partial charge >= 0.3 is 0 Å². The van der Waals surface area contributed by atoms with Crippen molar-refractivity contribution in [2.45, 2.75) is 45.1 Å². The normalized spacial score (nSPS) is 20.0. The summed E-state index contributed by atoms with van der Waals surface area (Å²) in [6, 6.07) is 0.778. The third kappa shape index (κ3) is 9.52. The van der Waals surface area contributed by atoms with E-state index in [9.17, 15) is 0 Å². The van der Waals surface area contributed by atoms with Crippen molar-refractivity contribution in [1.82, 2.24) is 15.5 Å². The third-order valence-electron chi connectivity index (χ3n) is 3.93. The van der Waals surface area contributed by atoms with E-state index in [-0.39, 0.29) is 24.0 Å². The van der Waals surface area contributed by atoms with E-state index in [0.717, 1.165) is 25.1 Å². The number of piperidine rings is 1. The zero-order valence-electron chi connectivity index (χ0n) is 13.9. The van der Waals surface area contributed by atoms with E-state index in [1.807, 2.05) is 0 Å². The lowest BCUT2D eigenvalue weighted by atomic mass is 10.0. The number of rotatable bonds is 8. The van der Waals surface area contributed by atoms with E-state index in [1.54, 1.807) is 14.2 Å². The Labute approximate surface area is 147 Å². The molecule has 0 aromatic rings. The first-order chi connectivity index (χ1) is 9.77. The van der Waals surface area contributed by atoms with Crippen LogP contribution in [0.3, 0.4) is 0 Å². The first kappa shape index (κ1) is 20.9. The molecule has 0 saturated carbocycles. The molecule has 1 rings (SSSR count). The molecule has 5 nitrogen and oxygen atoms in total. The zero-order chi connectivity index (χ0) is 14.6. The highest BCUT2D eigenvalue weighted by molar-refractivity contribution is 14.0. The average molecular weight is 412 g/mol. The van der Waals surface area contributed by atoms with Crippen molar-refractivity contribution in [3.05, 3.63) is 0 Å². The molecule has 1 unspecified atom stereocenters. The molecule has 1 atom stereocenters. The molecule has 1 heterocycles. The maximum Gasteiger partial charge on any atom is 0.191 e. The van der Waals surface area contributed by atoms with Crippen molar-refractivity contribution in [3.8, 4) is 0 Å². The minimum Gasteiger partial charge on any atom is -0.383 e. The van der Waals surface area contributed by atoms with Crippen LogP contribution in [0.2, 0.25) is 0 Å². The maximum absolute atomic E-state index is 5.01. The summed E-state index contributed by atoms with van der Waals surface area (Å²) in [6.07, 6.45) is 6.59. The smallest absolute Gasteiger partial charge is 0.191 e. The van der Waals surface area contributed by atoms with E-state index in [0.29, 0.717) is 6.61 Å². The van der Waals surface area contributed by atoms with Gasteiger partial charge in [-0.3, -0.25) is 4.99 Å². The lowest BCUT2D eigenvalue weighted by Crippen LogP contribution is -2.40. The molecule has 1 fully saturated rings. The fourth-order valence-corrected chi connectivity index (χ4v) is 2.63. The van der Waals surface area contributed by atoms with Gasteiger partial charge in [-0.15, -0.1) is 24.0 Å². The lowest BCUT2D eigenvalue weighted by molar-refractivity contribution is 0.158. The average Bonchev–Trinajstić information content (AvgIpc) is 2.47. The van der Waals surface area contributed by atoms with Crippen LogP contribution in [0.25, 0.3) is 0 Å². The zero-order valence-corrected chi connectivity index (χ0v) is 16.2. The number of ether oxygens (including phenoxy) is 1. The number of nitrogens with zero attached hydrogens (tertiary/aromatic N) is 2. The van der Waals surface area contributed by atoms with Crippen molar-refractivity contribution in [2.75, 3.05) is 46.9 Å². The molecule has 0 radical (unpaired) electrons. The monoisotopic (exact) mass is 412 g/mol. The number of likely N-dealkylation sites (tertiary alicyclic amines) is 1. The highest BCUT2D eigenvalue weighted by Gasteiger charge is 2.16. The van der Waals surface area contributed by atoms with Crippen LogP contribution in [0.4, 0.5) is 0 Å². The Morgan fingerprint density at radius 3 is 2.67 bits per heavy atom. The number of hydrogen-bond donors (Lipinski definition) is 2. The largest absolute Gasteiger partial charge is 0.383 e. The van der Waals surface area contributed by atoms with E-state index < -0.39 is 0 Å². The van der Waals surface area contributed by atoms with Gasteiger partial charge in [0.15, 0.2) is 5.96 Å². The van der Waals surface area contributed by atoms with Gasteiger partial charge < -0.3 is 20.3 Å². The third-order valence-corrected chi connectivity index (χ3v) is 3.93. The van der Waals surface area contributed by atoms with Gasteiger partial charge in [0, 0.05) is 33.3 Å². The van der Waals surface area contributed by atoms with Gasteiger partial charge in [0.05, 0.1) is 6.61 Å². The number of aliphatic imine (C=N–C) groups is 1. The van der Waals surface area contributed by atoms with E-state index in [2.05, 4.69) is 27.4 Å². The quantitative estimate of drug-likeness (QED) is 0.277. The number of guanidine groups is 1. The Morgan fingerprint density at radius 2 is 2.00 bits per heavy atom. The van der Waals surface area contributed by atoms with Gasteiger partial charge in [-0.1, -0.05) is 6.42 Å². The van der Waals surface area contributed by atoms with Crippen LogP contribution < -0.4 is 10.6 Å². The van der Waals surface area contributed by atoms with E-state index in [4.69, 9.17) is 4.74 Å². The minimum absolute atomic E-state index is 0. The molecule has 1 aliphatic heterocycles. The molecular formula is C15H33IN4O. The SMILES string of the molecule is CN=C(NCCCCN1CCCCC1C)NCCOC.I. The summed E-state index contributed by atoms with van der Waals surface area (Å²) in [4.78, 5) is 6.82.